The first kappa shape index (κ1) is 26.2. The second kappa shape index (κ2) is 12.9. The minimum Gasteiger partial charge on any atom is -0.493 e. The molecule has 1 unspecified atom stereocenters. The Hall–Kier alpha value is -3.38. The molecule has 0 amide bonds. The summed E-state index contributed by atoms with van der Waals surface area (Å²) in [5.74, 6) is 0.710. The van der Waals surface area contributed by atoms with Crippen LogP contribution in [0.1, 0.15) is 54.9 Å². The molecule has 0 fully saturated rings. The van der Waals surface area contributed by atoms with Crippen LogP contribution in [0.2, 0.25) is 0 Å². The summed E-state index contributed by atoms with van der Waals surface area (Å²) < 4.78 is 26.2. The van der Waals surface area contributed by atoms with E-state index in [1.54, 1.807) is 6.07 Å². The fourth-order valence-corrected chi connectivity index (χ4v) is 4.02. The number of carboxylic acids is 1. The van der Waals surface area contributed by atoms with Gasteiger partial charge in [0.2, 0.25) is 0 Å². The van der Waals surface area contributed by atoms with Crippen molar-refractivity contribution < 1.29 is 23.8 Å². The van der Waals surface area contributed by atoms with Crippen LogP contribution in [0.3, 0.4) is 0 Å². The number of carboxylic acid groups (broad SMARTS) is 1. The van der Waals surface area contributed by atoms with Crippen LogP contribution in [0.25, 0.3) is 0 Å². The quantitative estimate of drug-likeness (QED) is 0.310. The molecule has 0 spiro atoms. The lowest BCUT2D eigenvalue weighted by Crippen LogP contribution is -2.15. The summed E-state index contributed by atoms with van der Waals surface area (Å²) in [5.41, 5.74) is 8.95. The Morgan fingerprint density at radius 1 is 1.00 bits per heavy atom. The molecule has 3 aromatic carbocycles. The Labute approximate surface area is 206 Å². The topological polar surface area (TPSA) is 81.8 Å². The number of hydrogen-bond acceptors (Lipinski definition) is 4. The summed E-state index contributed by atoms with van der Waals surface area (Å²) >= 11 is 0. The number of hydrogen-bond donors (Lipinski definition) is 2. The molecule has 0 saturated carbocycles. The lowest BCUT2D eigenvalue weighted by molar-refractivity contribution is -0.136. The molecule has 5 nitrogen and oxygen atoms in total. The Kier molecular flexibility index (Phi) is 9.67. The van der Waals surface area contributed by atoms with Crippen LogP contribution in [0.15, 0.2) is 66.7 Å². The number of carbonyl (C=O) groups is 1. The molecule has 0 saturated heterocycles. The van der Waals surface area contributed by atoms with Gasteiger partial charge >= 0.3 is 5.97 Å². The third-order valence-corrected chi connectivity index (χ3v) is 5.85. The molecule has 0 aliphatic carbocycles. The molecule has 0 aliphatic rings. The molecule has 186 valence electrons. The van der Waals surface area contributed by atoms with Gasteiger partial charge in [0.15, 0.2) is 0 Å². The zero-order chi connectivity index (χ0) is 25.2. The summed E-state index contributed by atoms with van der Waals surface area (Å²) in [4.78, 5) is 11.2. The molecule has 0 bridgehead atoms. The van der Waals surface area contributed by atoms with Gasteiger partial charge in [0.05, 0.1) is 6.61 Å². The Balaban J connectivity index is 1.81. The number of ether oxygens (including phenoxy) is 2. The first-order valence-corrected chi connectivity index (χ1v) is 12.0. The van der Waals surface area contributed by atoms with Crippen molar-refractivity contribution in [2.24, 2.45) is 11.7 Å². The Bertz CT molecular complexity index is 1100. The average molecular weight is 480 g/mol. The van der Waals surface area contributed by atoms with E-state index < -0.39 is 5.97 Å². The summed E-state index contributed by atoms with van der Waals surface area (Å²) in [6.07, 6.45) is 1.24. The molecule has 3 rings (SSSR count). The average Bonchev–Trinajstić information content (AvgIpc) is 2.85. The van der Waals surface area contributed by atoms with Crippen molar-refractivity contribution >= 4 is 5.97 Å². The van der Waals surface area contributed by atoms with E-state index in [2.05, 4.69) is 13.8 Å². The van der Waals surface area contributed by atoms with Crippen LogP contribution < -0.4 is 15.2 Å². The second-order valence-electron chi connectivity index (χ2n) is 9.13. The standard InChI is InChI=1S/C29H34FNO4/c1-20(2)14-25(23-10-12-27(30)24(16-23)17-31)19-35-28-15-21(8-9-22(28)11-13-29(32)33)18-34-26-6-4-3-5-7-26/h3-10,12,15-16,20,25H,11,13-14,17-19,31H2,1-2H3,(H,32,33). The monoisotopic (exact) mass is 479 g/mol. The Morgan fingerprint density at radius 3 is 2.46 bits per heavy atom. The van der Waals surface area contributed by atoms with E-state index >= 15 is 0 Å². The van der Waals surface area contributed by atoms with Gasteiger partial charge in [-0.1, -0.05) is 56.3 Å². The lowest BCUT2D eigenvalue weighted by Gasteiger charge is -2.22. The minimum atomic E-state index is -0.856. The van der Waals surface area contributed by atoms with Gasteiger partial charge in [0.25, 0.3) is 0 Å². The first-order chi connectivity index (χ1) is 16.9. The van der Waals surface area contributed by atoms with E-state index in [0.29, 0.717) is 36.9 Å². The van der Waals surface area contributed by atoms with Crippen molar-refractivity contribution in [1.82, 2.24) is 0 Å². The van der Waals surface area contributed by atoms with Gasteiger partial charge in [-0.05, 0) is 59.7 Å². The van der Waals surface area contributed by atoms with E-state index in [-0.39, 0.29) is 24.7 Å². The fourth-order valence-electron chi connectivity index (χ4n) is 4.02. The van der Waals surface area contributed by atoms with Gasteiger partial charge in [0.1, 0.15) is 23.9 Å². The zero-order valence-electron chi connectivity index (χ0n) is 20.4. The van der Waals surface area contributed by atoms with Crippen LogP contribution in [0, 0.1) is 11.7 Å². The number of halogens is 1. The second-order valence-corrected chi connectivity index (χ2v) is 9.13. The number of benzene rings is 3. The highest BCUT2D eigenvalue weighted by Crippen LogP contribution is 2.29. The van der Waals surface area contributed by atoms with Gasteiger partial charge in [-0.3, -0.25) is 4.79 Å². The van der Waals surface area contributed by atoms with Crippen LogP contribution in [-0.2, 0) is 24.4 Å². The van der Waals surface area contributed by atoms with Crippen LogP contribution in [-0.4, -0.2) is 17.7 Å². The normalized spacial score (nSPS) is 11.9. The van der Waals surface area contributed by atoms with Crippen molar-refractivity contribution in [3.05, 3.63) is 94.8 Å². The predicted molar refractivity (Wildman–Crippen MR) is 135 cm³/mol. The number of aryl methyl sites for hydroxylation is 1. The maximum Gasteiger partial charge on any atom is 0.303 e. The first-order valence-electron chi connectivity index (χ1n) is 12.0. The maximum absolute atomic E-state index is 14.0. The smallest absolute Gasteiger partial charge is 0.303 e. The summed E-state index contributed by atoms with van der Waals surface area (Å²) in [6.45, 7) is 5.17. The van der Waals surface area contributed by atoms with Crippen molar-refractivity contribution in [2.75, 3.05) is 6.61 Å². The van der Waals surface area contributed by atoms with E-state index in [9.17, 15) is 9.18 Å². The van der Waals surface area contributed by atoms with Gasteiger partial charge in [-0.15, -0.1) is 0 Å². The molecule has 3 aromatic rings. The van der Waals surface area contributed by atoms with E-state index in [1.165, 1.54) is 6.07 Å². The highest BCUT2D eigenvalue weighted by atomic mass is 19.1. The van der Waals surface area contributed by atoms with Crippen LogP contribution >= 0.6 is 0 Å². The largest absolute Gasteiger partial charge is 0.493 e. The van der Waals surface area contributed by atoms with Crippen LogP contribution in [0.5, 0.6) is 11.5 Å². The number of aliphatic carboxylic acids is 1. The molecular weight excluding hydrogens is 445 g/mol. The fraction of sp³-hybridized carbons (Fsp3) is 0.345. The molecule has 0 aromatic heterocycles. The van der Waals surface area contributed by atoms with E-state index in [1.807, 2.05) is 54.6 Å². The third-order valence-electron chi connectivity index (χ3n) is 5.85. The molecule has 0 radical (unpaired) electrons. The van der Waals surface area contributed by atoms with Gasteiger partial charge in [-0.25, -0.2) is 4.39 Å². The van der Waals surface area contributed by atoms with Crippen molar-refractivity contribution in [3.8, 4) is 11.5 Å². The highest BCUT2D eigenvalue weighted by Gasteiger charge is 2.18. The molecular formula is C29H34FNO4. The molecule has 0 aliphatic heterocycles. The van der Waals surface area contributed by atoms with Crippen molar-refractivity contribution in [1.29, 1.82) is 0 Å². The zero-order valence-corrected chi connectivity index (χ0v) is 20.4. The predicted octanol–water partition coefficient (Wildman–Crippen LogP) is 6.09. The van der Waals surface area contributed by atoms with E-state index in [0.717, 1.165) is 28.9 Å². The van der Waals surface area contributed by atoms with Crippen molar-refractivity contribution in [2.45, 2.75) is 52.2 Å². The van der Waals surface area contributed by atoms with Gasteiger partial charge in [-0.2, -0.15) is 0 Å². The van der Waals surface area contributed by atoms with Gasteiger partial charge < -0.3 is 20.3 Å². The minimum absolute atomic E-state index is 0.0173. The summed E-state index contributed by atoms with van der Waals surface area (Å²) in [6, 6.07) is 20.4. The number of para-hydroxylation sites is 1. The number of nitrogens with two attached hydrogens (primary N) is 1. The molecule has 0 heterocycles. The summed E-state index contributed by atoms with van der Waals surface area (Å²) in [5, 5.41) is 9.17. The molecule has 1 atom stereocenters. The van der Waals surface area contributed by atoms with Crippen molar-refractivity contribution in [3.63, 3.8) is 0 Å². The maximum atomic E-state index is 14.0. The lowest BCUT2D eigenvalue weighted by atomic mass is 9.90. The molecule has 35 heavy (non-hydrogen) atoms. The van der Waals surface area contributed by atoms with Gasteiger partial charge in [0, 0.05) is 24.4 Å². The molecule has 6 heteroatoms. The number of rotatable bonds is 13. The molecule has 3 N–H and O–H groups in total. The highest BCUT2D eigenvalue weighted by molar-refractivity contribution is 5.67. The third kappa shape index (κ3) is 8.11. The van der Waals surface area contributed by atoms with E-state index in [4.69, 9.17) is 20.3 Å². The van der Waals surface area contributed by atoms with Crippen LogP contribution in [0.4, 0.5) is 4.39 Å². The Morgan fingerprint density at radius 2 is 1.77 bits per heavy atom. The SMILES string of the molecule is CC(C)CC(COc1cc(COc2ccccc2)ccc1CCC(=O)O)c1ccc(F)c(CN)c1. The summed E-state index contributed by atoms with van der Waals surface area (Å²) in [7, 11) is 0.